The lowest BCUT2D eigenvalue weighted by Crippen LogP contribution is -2.43. The predicted molar refractivity (Wildman–Crippen MR) is 137 cm³/mol. The third-order valence-corrected chi connectivity index (χ3v) is 6.84. The maximum absolute atomic E-state index is 8.51. The molecule has 0 radical (unpaired) electrons. The van der Waals surface area contributed by atoms with Crippen LogP contribution in [-0.2, 0) is 4.74 Å². The Morgan fingerprint density at radius 2 is 1.58 bits per heavy atom. The average Bonchev–Trinajstić information content (AvgIpc) is 3.47. The Bertz CT molecular complexity index is 1680. The molecular formula is C28H20N3OS+. The molecule has 4 aromatic carbocycles. The standard InChI is InChI=1S/C28H19N3OS/c29-27(19-7-2-1-3-8-19)32-28(30)20-9-6-10-21(17-20)31-23-12-5-4-11-22(23)25-24(31)14-13-18-15-16-33-26(18)25/h1-17,29-30H/p+1. The molecular weight excluding hydrogens is 426 g/mol. The zero-order valence-electron chi connectivity index (χ0n) is 17.7. The van der Waals surface area contributed by atoms with Crippen LogP contribution in [0.5, 0.6) is 0 Å². The zero-order chi connectivity index (χ0) is 22.4. The fourth-order valence-electron chi connectivity index (χ4n) is 4.37. The highest BCUT2D eigenvalue weighted by molar-refractivity contribution is 7.18. The van der Waals surface area contributed by atoms with E-state index in [4.69, 9.17) is 15.6 Å². The molecule has 158 valence electrons. The van der Waals surface area contributed by atoms with Gasteiger partial charge in [0.1, 0.15) is 0 Å². The molecule has 6 rings (SSSR count). The maximum atomic E-state index is 8.51. The Morgan fingerprint density at radius 1 is 0.788 bits per heavy atom. The van der Waals surface area contributed by atoms with Crippen molar-refractivity contribution in [3.8, 4) is 5.69 Å². The molecule has 6 aromatic rings. The molecule has 0 saturated heterocycles. The number of nitrogens with one attached hydrogen (secondary N) is 1. The van der Waals surface area contributed by atoms with Crippen LogP contribution in [-0.4, -0.2) is 16.4 Å². The Labute approximate surface area is 194 Å². The average molecular weight is 447 g/mol. The lowest BCUT2D eigenvalue weighted by molar-refractivity contribution is -0.130. The zero-order valence-corrected chi connectivity index (χ0v) is 18.5. The van der Waals surface area contributed by atoms with Crippen molar-refractivity contribution in [2.24, 2.45) is 0 Å². The highest BCUT2D eigenvalue weighted by Gasteiger charge is 2.17. The van der Waals surface area contributed by atoms with E-state index in [9.17, 15) is 0 Å². The van der Waals surface area contributed by atoms with Gasteiger partial charge in [0.15, 0.2) is 0 Å². The van der Waals surface area contributed by atoms with Gasteiger partial charge in [-0.15, -0.1) is 11.3 Å². The SMILES string of the molecule is N=C(OC(=[NH2+])c1ccccc1)c1cccc(-n2c3ccccc3c3c4sccc4ccc32)c1. The number of aromatic nitrogens is 1. The van der Waals surface area contributed by atoms with Crippen LogP contribution >= 0.6 is 11.3 Å². The Morgan fingerprint density at radius 3 is 2.45 bits per heavy atom. The van der Waals surface area contributed by atoms with E-state index in [0.29, 0.717) is 5.56 Å². The lowest BCUT2D eigenvalue weighted by Gasteiger charge is -2.10. The molecule has 0 unspecified atom stereocenters. The van der Waals surface area contributed by atoms with E-state index in [-0.39, 0.29) is 11.8 Å². The smallest absolute Gasteiger partial charge is 0.373 e. The van der Waals surface area contributed by atoms with E-state index in [1.54, 1.807) is 11.3 Å². The summed E-state index contributed by atoms with van der Waals surface area (Å²) in [5, 5.41) is 20.5. The van der Waals surface area contributed by atoms with Crippen molar-refractivity contribution in [1.29, 1.82) is 5.41 Å². The summed E-state index contributed by atoms with van der Waals surface area (Å²) < 4.78 is 9.23. The summed E-state index contributed by atoms with van der Waals surface area (Å²) in [6.45, 7) is 0. The fraction of sp³-hybridized carbons (Fsp3) is 0. The van der Waals surface area contributed by atoms with Crippen LogP contribution in [0.4, 0.5) is 0 Å². The minimum atomic E-state index is 0.0135. The first-order valence-electron chi connectivity index (χ1n) is 10.6. The summed E-state index contributed by atoms with van der Waals surface area (Å²) in [6.07, 6.45) is 0. The number of nitrogens with zero attached hydrogens (tertiary/aromatic N) is 1. The van der Waals surface area contributed by atoms with E-state index >= 15 is 0 Å². The lowest BCUT2D eigenvalue weighted by atomic mass is 10.1. The molecule has 2 aromatic heterocycles. The van der Waals surface area contributed by atoms with Crippen LogP contribution in [0.2, 0.25) is 0 Å². The number of fused-ring (bicyclic) bond motifs is 5. The third kappa shape index (κ3) is 3.22. The Kier molecular flexibility index (Phi) is 4.56. The molecule has 0 aliphatic rings. The molecule has 4 nitrogen and oxygen atoms in total. The summed E-state index contributed by atoms with van der Waals surface area (Å²) in [7, 11) is 0. The number of hydrogen-bond donors (Lipinski definition) is 2. The van der Waals surface area contributed by atoms with Crippen molar-refractivity contribution in [2.75, 3.05) is 0 Å². The van der Waals surface area contributed by atoms with Gasteiger partial charge in [0.2, 0.25) is 5.90 Å². The van der Waals surface area contributed by atoms with Gasteiger partial charge in [0.05, 0.1) is 16.6 Å². The van der Waals surface area contributed by atoms with E-state index in [2.05, 4.69) is 58.5 Å². The number of benzene rings is 4. The summed E-state index contributed by atoms with van der Waals surface area (Å²) in [5.74, 6) is 0.225. The van der Waals surface area contributed by atoms with Crippen LogP contribution in [0.15, 0.2) is 102 Å². The van der Waals surface area contributed by atoms with Gasteiger partial charge in [-0.3, -0.25) is 5.41 Å². The van der Waals surface area contributed by atoms with Gasteiger partial charge >= 0.3 is 5.90 Å². The summed E-state index contributed by atoms with van der Waals surface area (Å²) in [5.41, 5.74) is 4.66. The van der Waals surface area contributed by atoms with E-state index in [1.165, 1.54) is 20.9 Å². The summed E-state index contributed by atoms with van der Waals surface area (Å²) in [4.78, 5) is 0. The predicted octanol–water partition coefficient (Wildman–Crippen LogP) is 5.55. The van der Waals surface area contributed by atoms with Crippen LogP contribution in [0.3, 0.4) is 0 Å². The first kappa shape index (κ1) is 19.5. The van der Waals surface area contributed by atoms with Crippen LogP contribution in [0.25, 0.3) is 37.6 Å². The summed E-state index contributed by atoms with van der Waals surface area (Å²) in [6, 6.07) is 32.3. The number of nitrogens with two attached hydrogens (primary N) is 1. The van der Waals surface area contributed by atoms with Crippen LogP contribution < -0.4 is 5.41 Å². The number of rotatable bonds is 3. The molecule has 2 heterocycles. The van der Waals surface area contributed by atoms with Crippen LogP contribution in [0, 0.1) is 5.41 Å². The van der Waals surface area contributed by atoms with E-state index in [1.807, 2.05) is 48.5 Å². The van der Waals surface area contributed by atoms with Crippen molar-refractivity contribution >= 4 is 55.0 Å². The van der Waals surface area contributed by atoms with Crippen molar-refractivity contribution in [1.82, 2.24) is 4.57 Å². The third-order valence-electron chi connectivity index (χ3n) is 5.89. The van der Waals surface area contributed by atoms with Crippen molar-refractivity contribution in [3.05, 3.63) is 114 Å². The molecule has 3 N–H and O–H groups in total. The van der Waals surface area contributed by atoms with Gasteiger partial charge in [-0.2, -0.15) is 0 Å². The molecule has 0 bridgehead atoms. The minimum absolute atomic E-state index is 0.0135. The van der Waals surface area contributed by atoms with E-state index in [0.717, 1.165) is 22.3 Å². The molecule has 0 spiro atoms. The maximum Gasteiger partial charge on any atom is 0.373 e. The second-order valence-corrected chi connectivity index (χ2v) is 8.78. The van der Waals surface area contributed by atoms with Gasteiger partial charge in [-0.25, -0.2) is 5.41 Å². The van der Waals surface area contributed by atoms with Gasteiger partial charge in [-0.1, -0.05) is 48.5 Å². The topological polar surface area (TPSA) is 63.6 Å². The largest absolute Gasteiger partial charge is 0.386 e. The quantitative estimate of drug-likeness (QED) is 0.272. The van der Waals surface area contributed by atoms with Crippen LogP contribution in [0.1, 0.15) is 11.1 Å². The van der Waals surface area contributed by atoms with Gasteiger partial charge in [0, 0.05) is 26.7 Å². The molecule has 0 atom stereocenters. The molecule has 0 aliphatic carbocycles. The second kappa shape index (κ2) is 7.73. The van der Waals surface area contributed by atoms with Crippen molar-refractivity contribution in [3.63, 3.8) is 0 Å². The summed E-state index contributed by atoms with van der Waals surface area (Å²) >= 11 is 1.77. The number of hydrogen-bond acceptors (Lipinski definition) is 3. The molecule has 0 saturated carbocycles. The first-order valence-corrected chi connectivity index (χ1v) is 11.5. The van der Waals surface area contributed by atoms with E-state index < -0.39 is 0 Å². The van der Waals surface area contributed by atoms with Gasteiger partial charge < -0.3 is 9.30 Å². The number of thiophene rings is 1. The number of ether oxygens (including phenoxy) is 1. The highest BCUT2D eigenvalue weighted by atomic mass is 32.1. The molecule has 0 fully saturated rings. The van der Waals surface area contributed by atoms with Crippen molar-refractivity contribution < 1.29 is 10.1 Å². The molecule has 0 amide bonds. The van der Waals surface area contributed by atoms with Crippen molar-refractivity contribution in [2.45, 2.75) is 0 Å². The molecule has 0 aliphatic heterocycles. The monoisotopic (exact) mass is 446 g/mol. The normalized spacial score (nSPS) is 11.3. The minimum Gasteiger partial charge on any atom is -0.386 e. The first-order chi connectivity index (χ1) is 16.2. The molecule has 5 heteroatoms. The number of para-hydroxylation sites is 1. The highest BCUT2D eigenvalue weighted by Crippen LogP contribution is 2.38. The fourth-order valence-corrected chi connectivity index (χ4v) is 5.33. The Balaban J connectivity index is 1.47. The van der Waals surface area contributed by atoms with Gasteiger partial charge in [-0.05, 0) is 59.3 Å². The van der Waals surface area contributed by atoms with Gasteiger partial charge in [0.25, 0.3) is 0 Å². The second-order valence-electron chi connectivity index (χ2n) is 7.86. The Hall–Kier alpha value is -4.22. The molecule has 33 heavy (non-hydrogen) atoms.